The summed E-state index contributed by atoms with van der Waals surface area (Å²) in [5.74, 6) is 0.414. The molecule has 0 unspecified atom stereocenters. The van der Waals surface area contributed by atoms with E-state index in [9.17, 15) is 17.2 Å². The fourth-order valence-corrected chi connectivity index (χ4v) is 4.16. The molecule has 0 atom stereocenters. The smallest absolute Gasteiger partial charge is 0.399 e. The molecule has 0 heterocycles. The predicted molar refractivity (Wildman–Crippen MR) is 128 cm³/mol. The minimum atomic E-state index is -3.55. The van der Waals surface area contributed by atoms with Crippen molar-refractivity contribution in [2.24, 2.45) is 0 Å². The summed E-state index contributed by atoms with van der Waals surface area (Å²) in [6.45, 7) is 6.08. The van der Waals surface area contributed by atoms with Crippen LogP contribution in [0.5, 0.6) is 11.5 Å². The second-order valence-electron chi connectivity index (χ2n) is 8.28. The second kappa shape index (κ2) is 11.2. The van der Waals surface area contributed by atoms with Crippen LogP contribution in [0.15, 0.2) is 36.4 Å². The van der Waals surface area contributed by atoms with Gasteiger partial charge in [-0.1, -0.05) is 62.5 Å². The number of nitrogens with one attached hydrogen (secondary N) is 1. The summed E-state index contributed by atoms with van der Waals surface area (Å²) in [6, 6.07) is 9.85. The van der Waals surface area contributed by atoms with E-state index < -0.39 is 34.5 Å². The van der Waals surface area contributed by atoms with Gasteiger partial charge in [0.2, 0.25) is 10.0 Å². The molecular formula is C23H29Cl2F2NO4S. The van der Waals surface area contributed by atoms with Crippen LogP contribution >= 0.6 is 23.2 Å². The Morgan fingerprint density at radius 1 is 1.03 bits per heavy atom. The van der Waals surface area contributed by atoms with Gasteiger partial charge in [0.05, 0.1) is 29.3 Å². The van der Waals surface area contributed by atoms with Crippen LogP contribution < -0.4 is 14.2 Å². The molecule has 0 saturated carbocycles. The third kappa shape index (κ3) is 8.28. The fourth-order valence-electron chi connectivity index (χ4n) is 3.09. The highest BCUT2D eigenvalue weighted by Crippen LogP contribution is 2.41. The number of benzene rings is 2. The molecule has 0 saturated heterocycles. The lowest BCUT2D eigenvalue weighted by Gasteiger charge is -2.27. The number of halogens is 4. The zero-order chi connectivity index (χ0) is 24.9. The Morgan fingerprint density at radius 2 is 1.61 bits per heavy atom. The van der Waals surface area contributed by atoms with Gasteiger partial charge in [-0.05, 0) is 41.8 Å². The van der Waals surface area contributed by atoms with Crippen LogP contribution in [0.1, 0.15) is 51.2 Å². The molecule has 33 heavy (non-hydrogen) atoms. The van der Waals surface area contributed by atoms with Crippen molar-refractivity contribution in [3.63, 3.8) is 0 Å². The van der Waals surface area contributed by atoms with Crippen LogP contribution in [0.25, 0.3) is 0 Å². The summed E-state index contributed by atoms with van der Waals surface area (Å²) in [7, 11) is -3.55. The van der Waals surface area contributed by atoms with Crippen LogP contribution in [-0.4, -0.2) is 33.9 Å². The number of unbranched alkanes of at least 4 members (excludes halogenated alkanes) is 1. The summed E-state index contributed by atoms with van der Waals surface area (Å²) in [6.07, 6.45) is -1.54. The van der Waals surface area contributed by atoms with Crippen molar-refractivity contribution in [3.8, 4) is 11.5 Å². The maximum atomic E-state index is 14.0. The Labute approximate surface area is 204 Å². The van der Waals surface area contributed by atoms with E-state index in [0.717, 1.165) is 30.2 Å². The van der Waals surface area contributed by atoms with E-state index in [1.165, 1.54) is 12.1 Å². The molecular weight excluding hydrogens is 495 g/mol. The molecule has 184 valence electrons. The molecule has 0 aliphatic rings. The van der Waals surface area contributed by atoms with Crippen LogP contribution in [0.4, 0.5) is 8.78 Å². The third-order valence-electron chi connectivity index (χ3n) is 5.09. The van der Waals surface area contributed by atoms with Crippen LogP contribution in [0.3, 0.4) is 0 Å². The minimum Gasteiger partial charge on any atom is -0.490 e. The Bertz CT molecular complexity index is 1020. The van der Waals surface area contributed by atoms with E-state index in [4.69, 9.17) is 32.7 Å². The molecule has 0 radical (unpaired) electrons. The van der Waals surface area contributed by atoms with Gasteiger partial charge in [-0.15, -0.1) is 0 Å². The largest absolute Gasteiger partial charge is 0.490 e. The number of rotatable bonds is 12. The van der Waals surface area contributed by atoms with Gasteiger partial charge < -0.3 is 9.47 Å². The standard InChI is InChI=1S/C23H29Cl2F2NO4S/c1-5-6-13-31-21-19(24)14-17(15-20(21)25)22(2,3)16-7-9-18(10-8-16)32-23(26,27)11-12-28-33(4,29)30/h7-10,14-15,28H,5-6,11-13H2,1-4H3. The summed E-state index contributed by atoms with van der Waals surface area (Å²) in [5.41, 5.74) is 1.14. The van der Waals surface area contributed by atoms with Gasteiger partial charge in [0.15, 0.2) is 5.75 Å². The second-order valence-corrected chi connectivity index (χ2v) is 10.9. The molecule has 0 aliphatic carbocycles. The average Bonchev–Trinajstić information content (AvgIpc) is 2.68. The molecule has 0 aromatic heterocycles. The predicted octanol–water partition coefficient (Wildman–Crippen LogP) is 6.41. The van der Waals surface area contributed by atoms with Gasteiger partial charge in [-0.2, -0.15) is 8.78 Å². The summed E-state index contributed by atoms with van der Waals surface area (Å²) in [5, 5.41) is 0.813. The van der Waals surface area contributed by atoms with Crippen molar-refractivity contribution >= 4 is 33.2 Å². The molecule has 2 aromatic carbocycles. The van der Waals surface area contributed by atoms with E-state index in [1.807, 2.05) is 18.6 Å². The summed E-state index contributed by atoms with van der Waals surface area (Å²) < 4.78 is 62.6. The lowest BCUT2D eigenvalue weighted by Crippen LogP contribution is -2.32. The molecule has 2 rings (SSSR count). The molecule has 5 nitrogen and oxygen atoms in total. The van der Waals surface area contributed by atoms with Crippen LogP contribution in [-0.2, 0) is 15.4 Å². The normalized spacial score (nSPS) is 12.6. The Morgan fingerprint density at radius 3 is 2.12 bits per heavy atom. The highest BCUT2D eigenvalue weighted by atomic mass is 35.5. The molecule has 0 spiro atoms. The fraction of sp³-hybridized carbons (Fsp3) is 0.478. The quantitative estimate of drug-likeness (QED) is 0.326. The first-order valence-corrected chi connectivity index (χ1v) is 13.1. The highest BCUT2D eigenvalue weighted by Gasteiger charge is 2.32. The van der Waals surface area contributed by atoms with Crippen molar-refractivity contribution in [1.29, 1.82) is 0 Å². The maximum absolute atomic E-state index is 14.0. The van der Waals surface area contributed by atoms with Gasteiger partial charge in [-0.25, -0.2) is 13.1 Å². The van der Waals surface area contributed by atoms with Crippen molar-refractivity contribution in [2.75, 3.05) is 19.4 Å². The monoisotopic (exact) mass is 523 g/mol. The van der Waals surface area contributed by atoms with Gasteiger partial charge in [0.1, 0.15) is 5.75 Å². The summed E-state index contributed by atoms with van der Waals surface area (Å²) in [4.78, 5) is 0. The van der Waals surface area contributed by atoms with E-state index in [0.29, 0.717) is 22.4 Å². The maximum Gasteiger partial charge on any atom is 0.399 e. The van der Waals surface area contributed by atoms with Crippen molar-refractivity contribution in [3.05, 3.63) is 57.6 Å². The van der Waals surface area contributed by atoms with Gasteiger partial charge in [-0.3, -0.25) is 0 Å². The molecule has 0 aliphatic heterocycles. The number of sulfonamides is 1. The third-order valence-corrected chi connectivity index (χ3v) is 6.38. The van der Waals surface area contributed by atoms with Crippen molar-refractivity contribution in [2.45, 2.75) is 51.6 Å². The first-order chi connectivity index (χ1) is 15.2. The molecule has 0 bridgehead atoms. The first-order valence-electron chi connectivity index (χ1n) is 10.5. The Hall–Kier alpha value is -1.61. The van der Waals surface area contributed by atoms with Crippen molar-refractivity contribution < 1.29 is 26.7 Å². The number of alkyl halides is 2. The number of ether oxygens (including phenoxy) is 2. The van der Waals surface area contributed by atoms with Crippen LogP contribution in [0, 0.1) is 0 Å². The first kappa shape index (κ1) is 27.6. The van der Waals surface area contributed by atoms with Gasteiger partial charge in [0, 0.05) is 12.0 Å². The molecule has 0 fully saturated rings. The molecule has 2 aromatic rings. The van der Waals surface area contributed by atoms with Crippen molar-refractivity contribution in [1.82, 2.24) is 4.72 Å². The van der Waals surface area contributed by atoms with E-state index in [-0.39, 0.29) is 5.75 Å². The number of hydrogen-bond acceptors (Lipinski definition) is 4. The minimum absolute atomic E-state index is 0.0327. The lowest BCUT2D eigenvalue weighted by atomic mass is 9.78. The van der Waals surface area contributed by atoms with E-state index in [2.05, 4.69) is 6.92 Å². The molecule has 10 heteroatoms. The highest BCUT2D eigenvalue weighted by molar-refractivity contribution is 7.88. The van der Waals surface area contributed by atoms with Crippen LogP contribution in [0.2, 0.25) is 10.0 Å². The van der Waals surface area contributed by atoms with E-state index in [1.54, 1.807) is 24.3 Å². The zero-order valence-electron chi connectivity index (χ0n) is 19.1. The molecule has 0 amide bonds. The topological polar surface area (TPSA) is 64.6 Å². The van der Waals surface area contributed by atoms with Gasteiger partial charge >= 0.3 is 6.11 Å². The molecule has 1 N–H and O–H groups in total. The summed E-state index contributed by atoms with van der Waals surface area (Å²) >= 11 is 12.8. The average molecular weight is 524 g/mol. The van der Waals surface area contributed by atoms with E-state index >= 15 is 0 Å². The zero-order valence-corrected chi connectivity index (χ0v) is 21.4. The SMILES string of the molecule is CCCCOc1c(Cl)cc(C(C)(C)c2ccc(OC(F)(F)CCNS(C)(=O)=O)cc2)cc1Cl. The Kier molecular flexibility index (Phi) is 9.39. The Balaban J connectivity index is 2.14. The number of hydrogen-bond donors (Lipinski definition) is 1. The lowest BCUT2D eigenvalue weighted by molar-refractivity contribution is -0.178. The van der Waals surface area contributed by atoms with Gasteiger partial charge in [0.25, 0.3) is 0 Å².